The van der Waals surface area contributed by atoms with E-state index in [2.05, 4.69) is 19.9 Å². The van der Waals surface area contributed by atoms with Crippen LogP contribution in [0.1, 0.15) is 38.3 Å². The number of ether oxygens (including phenoxy) is 1. The molecule has 0 bridgehead atoms. The van der Waals surface area contributed by atoms with Gasteiger partial charge in [0.25, 0.3) is 0 Å². The number of fused-ring (bicyclic) bond motifs is 1. The van der Waals surface area contributed by atoms with Crippen molar-refractivity contribution in [3.05, 3.63) is 12.7 Å². The predicted octanol–water partition coefficient (Wildman–Crippen LogP) is -1.35. The molecule has 13 nitrogen and oxygen atoms in total. The Balaban J connectivity index is 1.66. The van der Waals surface area contributed by atoms with E-state index in [0.717, 1.165) is 25.8 Å². The number of hydrogen-bond donors (Lipinski definition) is 6. The first-order chi connectivity index (χ1) is 15.8. The van der Waals surface area contributed by atoms with Crippen LogP contribution in [0.5, 0.6) is 0 Å². The van der Waals surface area contributed by atoms with E-state index >= 15 is 0 Å². The minimum atomic E-state index is -1.19. The highest BCUT2D eigenvalue weighted by atomic mass is 16.6. The van der Waals surface area contributed by atoms with Gasteiger partial charge in [0.2, 0.25) is 0 Å². The fraction of sp³-hybridized carbons (Fsp3) is 0.700. The lowest BCUT2D eigenvalue weighted by atomic mass is 10.1. The highest BCUT2D eigenvalue weighted by Crippen LogP contribution is 2.32. The quantitative estimate of drug-likeness (QED) is 0.189. The maximum absolute atomic E-state index is 11.0. The molecule has 0 unspecified atom stereocenters. The summed E-state index contributed by atoms with van der Waals surface area (Å²) in [4.78, 5) is 25.4. The number of aliphatic hydroxyl groups is 2. The normalized spacial score (nSPS) is 24.0. The summed E-state index contributed by atoms with van der Waals surface area (Å²) in [5.41, 5.74) is 17.8. The van der Waals surface area contributed by atoms with Crippen LogP contribution in [0.3, 0.4) is 0 Å². The highest BCUT2D eigenvalue weighted by Gasteiger charge is 2.44. The van der Waals surface area contributed by atoms with Gasteiger partial charge in [-0.1, -0.05) is 6.42 Å². The molecule has 9 N–H and O–H groups in total. The number of aliphatic hydroxyl groups excluding tert-OH is 2. The average molecular weight is 467 g/mol. The van der Waals surface area contributed by atoms with E-state index in [1.807, 2.05) is 0 Å². The van der Waals surface area contributed by atoms with Gasteiger partial charge in [-0.2, -0.15) is 0 Å². The van der Waals surface area contributed by atoms with Gasteiger partial charge in [0.15, 0.2) is 17.7 Å². The average Bonchev–Trinajstić information content (AvgIpc) is 3.33. The largest absolute Gasteiger partial charge is 0.480 e. The summed E-state index contributed by atoms with van der Waals surface area (Å²) in [6.45, 7) is 2.31. The molecule has 3 rings (SSSR count). The van der Waals surface area contributed by atoms with Crippen molar-refractivity contribution in [1.29, 1.82) is 0 Å². The van der Waals surface area contributed by atoms with Crippen molar-refractivity contribution in [3.8, 4) is 0 Å². The lowest BCUT2D eigenvalue weighted by Crippen LogP contribution is -2.41. The third-order valence-corrected chi connectivity index (χ3v) is 5.92. The minimum absolute atomic E-state index is 0.214. The number of imidazole rings is 1. The number of carbonyl (C=O) groups is 1. The van der Waals surface area contributed by atoms with Crippen molar-refractivity contribution >= 4 is 23.0 Å². The molecular weight excluding hydrogens is 432 g/mol. The number of aliphatic carboxylic acids is 1. The third kappa shape index (κ3) is 6.13. The first-order valence-corrected chi connectivity index (χ1v) is 11.2. The van der Waals surface area contributed by atoms with Crippen molar-refractivity contribution in [3.63, 3.8) is 0 Å². The second kappa shape index (κ2) is 11.6. The molecule has 0 saturated carbocycles. The summed E-state index contributed by atoms with van der Waals surface area (Å²) in [5, 5.41) is 30.4. The molecule has 1 saturated heterocycles. The summed E-state index contributed by atoms with van der Waals surface area (Å²) in [6, 6.07) is -0.910. The molecule has 1 aliphatic heterocycles. The number of nitrogens with two attached hydrogens (primary N) is 3. The summed E-state index contributed by atoms with van der Waals surface area (Å²) in [5.74, 6) is -0.812. The molecule has 5 atom stereocenters. The van der Waals surface area contributed by atoms with Gasteiger partial charge in [-0.05, 0) is 45.3 Å². The van der Waals surface area contributed by atoms with Crippen molar-refractivity contribution in [1.82, 2.24) is 24.4 Å². The molecule has 2 aromatic rings. The number of nitrogen functional groups attached to an aromatic ring is 1. The first kappa shape index (κ1) is 25.2. The first-order valence-electron chi connectivity index (χ1n) is 11.2. The second-order valence-electron chi connectivity index (χ2n) is 8.37. The van der Waals surface area contributed by atoms with E-state index < -0.39 is 36.6 Å². The lowest BCUT2D eigenvalue weighted by Gasteiger charge is -2.27. The van der Waals surface area contributed by atoms with E-state index in [9.17, 15) is 15.0 Å². The van der Waals surface area contributed by atoms with Crippen LogP contribution >= 0.6 is 0 Å². The van der Waals surface area contributed by atoms with Gasteiger partial charge >= 0.3 is 5.97 Å². The van der Waals surface area contributed by atoms with Crippen LogP contribution in [0.4, 0.5) is 5.82 Å². The third-order valence-electron chi connectivity index (χ3n) is 5.92. The van der Waals surface area contributed by atoms with Crippen molar-refractivity contribution in [2.75, 3.05) is 31.9 Å². The van der Waals surface area contributed by atoms with Gasteiger partial charge in [-0.3, -0.25) is 9.36 Å². The number of rotatable bonds is 13. The maximum atomic E-state index is 11.0. The van der Waals surface area contributed by atoms with Crippen LogP contribution in [-0.4, -0.2) is 96.2 Å². The van der Waals surface area contributed by atoms with Crippen LogP contribution < -0.4 is 17.2 Å². The standard InChI is InChI=1S/C20H34N8O5/c21-6-2-1-3-7-27(8-4-5-12(22)20(31)32)9-13-15(29)16(30)19(33-13)28-11-26-14-17(23)24-10-25-18(14)28/h10-13,15-16,19,29-30H,1-9,21-22H2,(H,31,32)(H2,23,24,25)/t12-,13-,15-,16-,19-/m1/s1. The predicted molar refractivity (Wildman–Crippen MR) is 120 cm³/mol. The summed E-state index contributed by atoms with van der Waals surface area (Å²) >= 11 is 0. The molecule has 184 valence electrons. The van der Waals surface area contributed by atoms with Crippen molar-refractivity contribution in [2.24, 2.45) is 11.5 Å². The minimum Gasteiger partial charge on any atom is -0.480 e. The molecule has 0 aliphatic carbocycles. The van der Waals surface area contributed by atoms with E-state index in [4.69, 9.17) is 27.0 Å². The van der Waals surface area contributed by atoms with E-state index in [-0.39, 0.29) is 5.82 Å². The van der Waals surface area contributed by atoms with Crippen LogP contribution in [0.2, 0.25) is 0 Å². The Hall–Kier alpha value is -2.42. The van der Waals surface area contributed by atoms with Crippen molar-refractivity contribution in [2.45, 2.75) is 62.7 Å². The molecule has 0 aromatic carbocycles. The Kier molecular flexibility index (Phi) is 8.88. The number of carboxylic acid groups (broad SMARTS) is 1. The van der Waals surface area contributed by atoms with Crippen LogP contribution in [0.25, 0.3) is 11.2 Å². The lowest BCUT2D eigenvalue weighted by molar-refractivity contribution is -0.138. The molecule has 0 amide bonds. The fourth-order valence-electron chi connectivity index (χ4n) is 4.03. The molecule has 0 spiro atoms. The molecule has 1 aliphatic rings. The smallest absolute Gasteiger partial charge is 0.320 e. The van der Waals surface area contributed by atoms with Gasteiger partial charge in [0.05, 0.1) is 6.33 Å². The monoisotopic (exact) mass is 466 g/mol. The van der Waals surface area contributed by atoms with Gasteiger partial charge in [-0.15, -0.1) is 0 Å². The Morgan fingerprint density at radius 1 is 1.15 bits per heavy atom. The highest BCUT2D eigenvalue weighted by molar-refractivity contribution is 5.81. The van der Waals surface area contributed by atoms with Gasteiger partial charge in [-0.25, -0.2) is 15.0 Å². The fourth-order valence-corrected chi connectivity index (χ4v) is 4.03. The molecule has 1 fully saturated rings. The summed E-state index contributed by atoms with van der Waals surface area (Å²) in [6.07, 6.45) is 2.60. The molecule has 3 heterocycles. The second-order valence-corrected chi connectivity index (χ2v) is 8.37. The van der Waals surface area contributed by atoms with Crippen LogP contribution in [-0.2, 0) is 9.53 Å². The summed E-state index contributed by atoms with van der Waals surface area (Å²) in [7, 11) is 0. The van der Waals surface area contributed by atoms with Gasteiger partial charge < -0.3 is 42.2 Å². The Morgan fingerprint density at radius 3 is 2.64 bits per heavy atom. The summed E-state index contributed by atoms with van der Waals surface area (Å²) < 4.78 is 7.58. The number of aromatic nitrogens is 4. The van der Waals surface area contributed by atoms with Crippen LogP contribution in [0, 0.1) is 0 Å². The number of nitrogens with zero attached hydrogens (tertiary/aromatic N) is 5. The van der Waals surface area contributed by atoms with Crippen LogP contribution in [0.15, 0.2) is 12.7 Å². The molecule has 0 radical (unpaired) electrons. The Bertz CT molecular complexity index is 912. The number of carboxylic acids is 1. The van der Waals surface area contributed by atoms with E-state index in [1.54, 1.807) is 4.57 Å². The number of unbranched alkanes of at least 4 members (excludes halogenated alkanes) is 2. The SMILES string of the molecule is NCCCCCN(CCC[C@@H](N)C(=O)O)C[C@H]1O[C@@H](n2cnc3c(N)ncnc32)[C@H](O)[C@@H]1O. The maximum Gasteiger partial charge on any atom is 0.320 e. The molecule has 33 heavy (non-hydrogen) atoms. The molecule has 2 aromatic heterocycles. The molecule has 13 heteroatoms. The van der Waals surface area contributed by atoms with Gasteiger partial charge in [0, 0.05) is 6.54 Å². The van der Waals surface area contributed by atoms with Gasteiger partial charge in [0.1, 0.15) is 36.2 Å². The zero-order valence-corrected chi connectivity index (χ0v) is 18.5. The Morgan fingerprint density at radius 2 is 1.91 bits per heavy atom. The number of anilines is 1. The molecular formula is C20H34N8O5. The zero-order valence-electron chi connectivity index (χ0n) is 18.5. The van der Waals surface area contributed by atoms with Crippen molar-refractivity contribution < 1.29 is 24.9 Å². The van der Waals surface area contributed by atoms with E-state index in [0.29, 0.717) is 43.6 Å². The number of hydrogen-bond acceptors (Lipinski definition) is 11. The zero-order chi connectivity index (χ0) is 24.0. The van der Waals surface area contributed by atoms with E-state index in [1.165, 1.54) is 12.7 Å². The topological polar surface area (TPSA) is 212 Å². The Labute approximate surface area is 191 Å².